The zero-order valence-electron chi connectivity index (χ0n) is 16.3. The minimum Gasteiger partial charge on any atom is -0.460 e. The van der Waals surface area contributed by atoms with Crippen LogP contribution in [0.4, 0.5) is 5.69 Å². The monoisotopic (exact) mass is 394 g/mol. The van der Waals surface area contributed by atoms with Crippen molar-refractivity contribution in [1.29, 1.82) is 0 Å². The summed E-state index contributed by atoms with van der Waals surface area (Å²) < 4.78 is 5.93. The van der Waals surface area contributed by atoms with Crippen LogP contribution in [0.15, 0.2) is 45.6 Å². The Hall–Kier alpha value is -3.26. The van der Waals surface area contributed by atoms with E-state index in [0.717, 1.165) is 41.4 Å². The van der Waals surface area contributed by atoms with Crippen LogP contribution in [0.1, 0.15) is 42.6 Å². The summed E-state index contributed by atoms with van der Waals surface area (Å²) in [5, 5.41) is 10.8. The van der Waals surface area contributed by atoms with E-state index >= 15 is 0 Å². The number of benzene rings is 1. The molecule has 3 aromatic rings. The van der Waals surface area contributed by atoms with Gasteiger partial charge in [-0.25, -0.2) is 4.98 Å². The number of nitro benzene ring substituents is 1. The first-order chi connectivity index (χ1) is 13.9. The zero-order chi connectivity index (χ0) is 20.5. The fraction of sp³-hybridized carbons (Fsp3) is 0.333. The molecule has 0 saturated carbocycles. The Balaban J connectivity index is 1.47. The smallest absolute Gasteiger partial charge is 0.269 e. The van der Waals surface area contributed by atoms with Gasteiger partial charge in [0.05, 0.1) is 22.7 Å². The molecule has 0 atom stereocenters. The molecule has 1 aliphatic rings. The number of H-pyrrole nitrogens is 1. The molecule has 0 unspecified atom stereocenters. The number of nitrogens with one attached hydrogen (secondary N) is 1. The average molecular weight is 394 g/mol. The first-order valence-electron chi connectivity index (χ1n) is 9.58. The van der Waals surface area contributed by atoms with Crippen molar-refractivity contribution in [1.82, 2.24) is 14.9 Å². The third-order valence-corrected chi connectivity index (χ3v) is 5.12. The van der Waals surface area contributed by atoms with Crippen molar-refractivity contribution in [3.8, 4) is 11.3 Å². The van der Waals surface area contributed by atoms with Crippen molar-refractivity contribution in [2.24, 2.45) is 0 Å². The van der Waals surface area contributed by atoms with Crippen LogP contribution in [0.25, 0.3) is 11.3 Å². The number of fused-ring (bicyclic) bond motifs is 1. The average Bonchev–Trinajstić information content (AvgIpc) is 3.16. The summed E-state index contributed by atoms with van der Waals surface area (Å²) in [5.41, 5.74) is 2.39. The van der Waals surface area contributed by atoms with Gasteiger partial charge in [-0.15, -0.1) is 0 Å². The second-order valence-electron chi connectivity index (χ2n) is 7.56. The molecule has 8 heteroatoms. The predicted molar refractivity (Wildman–Crippen MR) is 108 cm³/mol. The first-order valence-corrected chi connectivity index (χ1v) is 9.58. The number of aromatic amines is 1. The summed E-state index contributed by atoms with van der Waals surface area (Å²) in [6, 6.07) is 10.0. The van der Waals surface area contributed by atoms with Crippen LogP contribution < -0.4 is 5.56 Å². The van der Waals surface area contributed by atoms with Gasteiger partial charge in [-0.1, -0.05) is 13.8 Å². The molecule has 1 aliphatic heterocycles. The van der Waals surface area contributed by atoms with Crippen LogP contribution in [-0.2, 0) is 19.5 Å². The third-order valence-electron chi connectivity index (χ3n) is 5.12. The Morgan fingerprint density at radius 3 is 2.69 bits per heavy atom. The first kappa shape index (κ1) is 19.1. The lowest BCUT2D eigenvalue weighted by Crippen LogP contribution is -2.35. The standard InChI is InChI=1S/C21H22N4O4/c1-13(2)20-22-18-9-10-24(12-17(18)21(26)23-20)11-16-7-8-19(29-16)14-3-5-15(6-4-14)25(27)28/h3-8,13H,9-12H2,1-2H3,(H,22,23,26). The molecule has 0 fully saturated rings. The van der Waals surface area contributed by atoms with Gasteiger partial charge in [0.2, 0.25) is 0 Å². The predicted octanol–water partition coefficient (Wildman–Crippen LogP) is 3.62. The van der Waals surface area contributed by atoms with Crippen molar-refractivity contribution in [2.75, 3.05) is 6.54 Å². The van der Waals surface area contributed by atoms with Crippen LogP contribution in [-0.4, -0.2) is 26.3 Å². The number of nitrogens with zero attached hydrogens (tertiary/aromatic N) is 3. The summed E-state index contributed by atoms with van der Waals surface area (Å²) in [7, 11) is 0. The highest BCUT2D eigenvalue weighted by Crippen LogP contribution is 2.26. The van der Waals surface area contributed by atoms with Crippen LogP contribution in [0, 0.1) is 10.1 Å². The highest BCUT2D eigenvalue weighted by molar-refractivity contribution is 5.59. The van der Waals surface area contributed by atoms with Gasteiger partial charge < -0.3 is 9.40 Å². The number of aromatic nitrogens is 2. The van der Waals surface area contributed by atoms with E-state index in [4.69, 9.17) is 4.42 Å². The van der Waals surface area contributed by atoms with Gasteiger partial charge in [0.25, 0.3) is 11.2 Å². The molecule has 0 saturated heterocycles. The number of hydrogen-bond donors (Lipinski definition) is 1. The number of nitro groups is 1. The van der Waals surface area contributed by atoms with E-state index < -0.39 is 4.92 Å². The topological polar surface area (TPSA) is 105 Å². The number of non-ortho nitro benzene ring substituents is 1. The maximum Gasteiger partial charge on any atom is 0.269 e. The molecule has 8 nitrogen and oxygen atoms in total. The van der Waals surface area contributed by atoms with Crippen molar-refractivity contribution in [3.63, 3.8) is 0 Å². The van der Waals surface area contributed by atoms with Gasteiger partial charge >= 0.3 is 0 Å². The van der Waals surface area contributed by atoms with Crippen molar-refractivity contribution < 1.29 is 9.34 Å². The lowest BCUT2D eigenvalue weighted by Gasteiger charge is -2.27. The van der Waals surface area contributed by atoms with Crippen LogP contribution in [0.3, 0.4) is 0 Å². The maximum absolute atomic E-state index is 12.5. The largest absolute Gasteiger partial charge is 0.460 e. The lowest BCUT2D eigenvalue weighted by molar-refractivity contribution is -0.384. The molecule has 29 heavy (non-hydrogen) atoms. The van der Waals surface area contributed by atoms with Crippen molar-refractivity contribution in [3.05, 3.63) is 79.7 Å². The third kappa shape index (κ3) is 3.97. The molecule has 0 aliphatic carbocycles. The Bertz CT molecular complexity index is 1100. The Kier molecular flexibility index (Phi) is 5.02. The van der Waals surface area contributed by atoms with Gasteiger partial charge in [0.15, 0.2) is 0 Å². The van der Waals surface area contributed by atoms with E-state index in [1.165, 1.54) is 12.1 Å². The van der Waals surface area contributed by atoms with E-state index in [2.05, 4.69) is 14.9 Å². The number of rotatable bonds is 5. The normalized spacial score (nSPS) is 14.2. The SMILES string of the molecule is CC(C)c1nc2c(c(=O)[nH]1)CN(Cc1ccc(-c3ccc([N+](=O)[O-])cc3)o1)CC2. The molecule has 0 amide bonds. The Labute approximate surface area is 167 Å². The second-order valence-corrected chi connectivity index (χ2v) is 7.56. The molecular formula is C21H22N4O4. The van der Waals surface area contributed by atoms with E-state index in [1.807, 2.05) is 26.0 Å². The Morgan fingerprint density at radius 2 is 2.00 bits per heavy atom. The molecule has 4 rings (SSSR count). The van der Waals surface area contributed by atoms with E-state index in [9.17, 15) is 14.9 Å². The minimum absolute atomic E-state index is 0.0481. The molecule has 150 valence electrons. The van der Waals surface area contributed by atoms with Crippen LogP contribution >= 0.6 is 0 Å². The molecule has 0 radical (unpaired) electrons. The summed E-state index contributed by atoms with van der Waals surface area (Å²) in [6.07, 6.45) is 0.731. The number of furan rings is 1. The van der Waals surface area contributed by atoms with Crippen molar-refractivity contribution >= 4 is 5.69 Å². The summed E-state index contributed by atoms with van der Waals surface area (Å²) in [5.74, 6) is 2.37. The van der Waals surface area contributed by atoms with Gasteiger partial charge in [0.1, 0.15) is 17.3 Å². The minimum atomic E-state index is -0.424. The number of hydrogen-bond acceptors (Lipinski definition) is 6. The highest BCUT2D eigenvalue weighted by atomic mass is 16.6. The molecular weight excluding hydrogens is 372 g/mol. The molecule has 0 bridgehead atoms. The van der Waals surface area contributed by atoms with Crippen LogP contribution in [0.2, 0.25) is 0 Å². The Morgan fingerprint density at radius 1 is 1.24 bits per heavy atom. The van der Waals surface area contributed by atoms with E-state index in [-0.39, 0.29) is 17.2 Å². The second kappa shape index (κ2) is 7.63. The maximum atomic E-state index is 12.5. The summed E-state index contributed by atoms with van der Waals surface area (Å²) >= 11 is 0. The summed E-state index contributed by atoms with van der Waals surface area (Å²) in [6.45, 7) is 5.94. The molecule has 0 spiro atoms. The highest BCUT2D eigenvalue weighted by Gasteiger charge is 2.22. The van der Waals surface area contributed by atoms with Gasteiger partial charge in [-0.05, 0) is 24.3 Å². The molecule has 3 heterocycles. The van der Waals surface area contributed by atoms with Gasteiger partial charge in [-0.3, -0.25) is 19.8 Å². The van der Waals surface area contributed by atoms with Gasteiger partial charge in [-0.2, -0.15) is 0 Å². The van der Waals surface area contributed by atoms with Gasteiger partial charge in [0, 0.05) is 43.1 Å². The molecule has 2 aromatic heterocycles. The fourth-order valence-corrected chi connectivity index (χ4v) is 3.49. The van der Waals surface area contributed by atoms with Crippen LogP contribution in [0.5, 0.6) is 0 Å². The summed E-state index contributed by atoms with van der Waals surface area (Å²) in [4.78, 5) is 32.5. The van der Waals surface area contributed by atoms with E-state index in [1.54, 1.807) is 12.1 Å². The molecule has 1 N–H and O–H groups in total. The lowest BCUT2D eigenvalue weighted by atomic mass is 10.1. The van der Waals surface area contributed by atoms with E-state index in [0.29, 0.717) is 18.8 Å². The molecule has 1 aromatic carbocycles. The quantitative estimate of drug-likeness (QED) is 0.523. The zero-order valence-corrected chi connectivity index (χ0v) is 16.3. The fourth-order valence-electron chi connectivity index (χ4n) is 3.49. The van der Waals surface area contributed by atoms with Crippen molar-refractivity contribution in [2.45, 2.75) is 39.3 Å².